The molecular formula is C28H26N2O2. The summed E-state index contributed by atoms with van der Waals surface area (Å²) in [6.45, 7) is 4.08. The van der Waals surface area contributed by atoms with Crippen LogP contribution >= 0.6 is 0 Å². The molecule has 160 valence electrons. The predicted octanol–water partition coefficient (Wildman–Crippen LogP) is 5.62. The molecule has 0 bridgehead atoms. The van der Waals surface area contributed by atoms with E-state index in [4.69, 9.17) is 11.5 Å². The minimum atomic E-state index is -0.0641. The van der Waals surface area contributed by atoms with E-state index in [0.717, 1.165) is 11.4 Å². The molecule has 0 spiro atoms. The van der Waals surface area contributed by atoms with Crippen molar-refractivity contribution in [3.8, 4) is 0 Å². The Morgan fingerprint density at radius 1 is 0.438 bits per heavy atom. The van der Waals surface area contributed by atoms with E-state index < -0.39 is 0 Å². The van der Waals surface area contributed by atoms with Crippen LogP contribution in [0.4, 0.5) is 11.4 Å². The van der Waals surface area contributed by atoms with Gasteiger partial charge in [0.2, 0.25) is 0 Å². The molecule has 0 aromatic heterocycles. The van der Waals surface area contributed by atoms with Crippen LogP contribution in [0.15, 0.2) is 97.1 Å². The monoisotopic (exact) mass is 422 g/mol. The molecule has 0 radical (unpaired) electrons. The molecule has 0 saturated heterocycles. The molecular weight excluding hydrogens is 396 g/mol. The van der Waals surface area contributed by atoms with E-state index in [-0.39, 0.29) is 11.6 Å². The highest BCUT2D eigenvalue weighted by Gasteiger charge is 2.28. The topological polar surface area (TPSA) is 86.2 Å². The summed E-state index contributed by atoms with van der Waals surface area (Å²) in [4.78, 5) is 24.2. The second-order valence-electron chi connectivity index (χ2n) is 7.57. The summed E-state index contributed by atoms with van der Waals surface area (Å²) < 4.78 is 0. The highest BCUT2D eigenvalue weighted by atomic mass is 16.1. The number of ketones is 2. The summed E-state index contributed by atoms with van der Waals surface area (Å²) in [6, 6.07) is 29.5. The average Bonchev–Trinajstić information content (AvgIpc) is 2.82. The Morgan fingerprint density at radius 2 is 0.688 bits per heavy atom. The van der Waals surface area contributed by atoms with Crippen LogP contribution in [-0.2, 0) is 0 Å². The molecule has 4 aromatic carbocycles. The minimum absolute atomic E-state index is 0.0641. The fraction of sp³-hybridized carbons (Fsp3) is 0.0714. The largest absolute Gasteiger partial charge is 0.399 e. The first-order valence-corrected chi connectivity index (χ1v) is 10.3. The van der Waals surface area contributed by atoms with Crippen LogP contribution in [0, 0.1) is 13.8 Å². The Labute approximate surface area is 188 Å². The molecule has 4 N–H and O–H groups in total. The first-order valence-electron chi connectivity index (χ1n) is 10.3. The fourth-order valence-electron chi connectivity index (χ4n) is 3.18. The van der Waals surface area contributed by atoms with Gasteiger partial charge in [0.15, 0.2) is 11.6 Å². The molecule has 1 aliphatic rings. The van der Waals surface area contributed by atoms with Crippen LogP contribution in [0.2, 0.25) is 0 Å². The summed E-state index contributed by atoms with van der Waals surface area (Å²) in [5, 5.41) is 0. The highest BCUT2D eigenvalue weighted by molar-refractivity contribution is 6.28. The van der Waals surface area contributed by atoms with Crippen LogP contribution in [0.25, 0.3) is 0 Å². The Hall–Kier alpha value is -4.18. The molecule has 0 amide bonds. The maximum atomic E-state index is 12.1. The van der Waals surface area contributed by atoms with Crippen molar-refractivity contribution in [3.05, 3.63) is 130 Å². The van der Waals surface area contributed by atoms with E-state index in [9.17, 15) is 9.59 Å². The first kappa shape index (κ1) is 22.5. The Balaban J connectivity index is 0.000000152. The van der Waals surface area contributed by atoms with Crippen molar-refractivity contribution >= 4 is 22.9 Å². The third kappa shape index (κ3) is 5.49. The lowest BCUT2D eigenvalue weighted by molar-refractivity contribution is 0.0979. The van der Waals surface area contributed by atoms with E-state index in [2.05, 4.69) is 0 Å². The summed E-state index contributed by atoms with van der Waals surface area (Å²) in [6.07, 6.45) is 0. The summed E-state index contributed by atoms with van der Waals surface area (Å²) >= 11 is 0. The van der Waals surface area contributed by atoms with Crippen LogP contribution in [0.3, 0.4) is 0 Å². The predicted molar refractivity (Wildman–Crippen MR) is 131 cm³/mol. The van der Waals surface area contributed by atoms with E-state index in [1.165, 1.54) is 11.1 Å². The van der Waals surface area contributed by atoms with E-state index >= 15 is 0 Å². The molecule has 0 aliphatic heterocycles. The smallest absolute Gasteiger partial charge is 0.194 e. The van der Waals surface area contributed by atoms with E-state index in [1.807, 2.05) is 62.4 Å². The molecule has 0 saturated carbocycles. The van der Waals surface area contributed by atoms with E-state index in [0.29, 0.717) is 22.3 Å². The highest BCUT2D eigenvalue weighted by Crippen LogP contribution is 2.26. The molecule has 0 heterocycles. The number of benzene rings is 4. The van der Waals surface area contributed by atoms with Crippen molar-refractivity contribution in [1.82, 2.24) is 0 Å². The molecule has 0 unspecified atom stereocenters. The third-order valence-electron chi connectivity index (χ3n) is 4.99. The van der Waals surface area contributed by atoms with Crippen molar-refractivity contribution < 1.29 is 9.59 Å². The number of anilines is 2. The zero-order valence-electron chi connectivity index (χ0n) is 18.2. The number of nitrogen functional groups attached to an aromatic ring is 2. The van der Waals surface area contributed by atoms with Crippen LogP contribution < -0.4 is 11.5 Å². The normalized spacial score (nSPS) is 11.2. The maximum Gasteiger partial charge on any atom is 0.194 e. The van der Waals surface area contributed by atoms with Crippen LogP contribution in [0.1, 0.15) is 43.0 Å². The number of rotatable bonds is 0. The van der Waals surface area contributed by atoms with E-state index in [1.54, 1.807) is 48.5 Å². The summed E-state index contributed by atoms with van der Waals surface area (Å²) in [5.41, 5.74) is 17.0. The van der Waals surface area contributed by atoms with Gasteiger partial charge in [0.05, 0.1) is 0 Å². The second kappa shape index (κ2) is 10.2. The maximum absolute atomic E-state index is 12.1. The van der Waals surface area contributed by atoms with Gasteiger partial charge in [-0.25, -0.2) is 0 Å². The lowest BCUT2D eigenvalue weighted by Gasteiger charge is -2.16. The van der Waals surface area contributed by atoms with Gasteiger partial charge in [-0.1, -0.05) is 83.9 Å². The number of aryl methyl sites for hydroxylation is 2. The first-order chi connectivity index (χ1) is 15.4. The fourth-order valence-corrected chi connectivity index (χ4v) is 3.18. The molecule has 4 heteroatoms. The SMILES string of the molecule is Cc1ccc(N)cc1.Cc1ccc(N)cc1.O=C1c2ccccc2C(=O)c2ccccc21. The van der Waals surface area contributed by atoms with Crippen molar-refractivity contribution in [1.29, 1.82) is 0 Å². The molecule has 32 heavy (non-hydrogen) atoms. The van der Waals surface area contributed by atoms with Crippen LogP contribution in [-0.4, -0.2) is 11.6 Å². The summed E-state index contributed by atoms with van der Waals surface area (Å²) in [7, 11) is 0. The van der Waals surface area contributed by atoms with Gasteiger partial charge >= 0.3 is 0 Å². The van der Waals surface area contributed by atoms with Crippen molar-refractivity contribution in [3.63, 3.8) is 0 Å². The third-order valence-corrected chi connectivity index (χ3v) is 4.99. The quantitative estimate of drug-likeness (QED) is 0.317. The molecule has 4 nitrogen and oxygen atoms in total. The molecule has 0 atom stereocenters. The van der Waals surface area contributed by atoms with Gasteiger partial charge in [0, 0.05) is 33.6 Å². The Bertz CT molecular complexity index is 1040. The molecule has 5 rings (SSSR count). The lowest BCUT2D eigenvalue weighted by atomic mass is 9.84. The van der Waals surface area contributed by atoms with Crippen molar-refractivity contribution in [2.24, 2.45) is 0 Å². The number of nitrogens with two attached hydrogens (primary N) is 2. The molecule has 1 aliphatic carbocycles. The van der Waals surface area contributed by atoms with Gasteiger partial charge in [-0.05, 0) is 38.1 Å². The molecule has 0 fully saturated rings. The number of hydrogen-bond donors (Lipinski definition) is 2. The van der Waals surface area contributed by atoms with Crippen LogP contribution in [0.5, 0.6) is 0 Å². The van der Waals surface area contributed by atoms with Crippen molar-refractivity contribution in [2.75, 3.05) is 11.5 Å². The van der Waals surface area contributed by atoms with Crippen molar-refractivity contribution in [2.45, 2.75) is 13.8 Å². The second-order valence-corrected chi connectivity index (χ2v) is 7.57. The average molecular weight is 423 g/mol. The standard InChI is InChI=1S/C14H8O2.2C7H9N/c15-13-9-5-1-2-6-10(9)14(16)12-8-4-3-7-11(12)13;2*1-6-2-4-7(8)5-3-6/h1-8H;2*2-5H,8H2,1H3. The number of fused-ring (bicyclic) bond motifs is 2. The Kier molecular flexibility index (Phi) is 7.19. The van der Waals surface area contributed by atoms with Gasteiger partial charge in [0.25, 0.3) is 0 Å². The van der Waals surface area contributed by atoms with Gasteiger partial charge in [-0.3, -0.25) is 9.59 Å². The van der Waals surface area contributed by atoms with Gasteiger partial charge < -0.3 is 11.5 Å². The Morgan fingerprint density at radius 3 is 0.906 bits per heavy atom. The zero-order chi connectivity index (χ0) is 23.1. The lowest BCUT2D eigenvalue weighted by Crippen LogP contribution is -2.20. The number of hydrogen-bond acceptors (Lipinski definition) is 4. The number of carbonyl (C=O) groups excluding carboxylic acids is 2. The van der Waals surface area contributed by atoms with Gasteiger partial charge in [0.1, 0.15) is 0 Å². The summed E-state index contributed by atoms with van der Waals surface area (Å²) in [5.74, 6) is -0.128. The van der Waals surface area contributed by atoms with Gasteiger partial charge in [-0.2, -0.15) is 0 Å². The van der Waals surface area contributed by atoms with Gasteiger partial charge in [-0.15, -0.1) is 0 Å². The minimum Gasteiger partial charge on any atom is -0.399 e. The zero-order valence-corrected chi connectivity index (χ0v) is 18.2. The molecule has 4 aromatic rings. The number of carbonyl (C=O) groups is 2.